The predicted molar refractivity (Wildman–Crippen MR) is 107 cm³/mol. The molecular weight excluding hydrogens is 402 g/mol. The lowest BCUT2D eigenvalue weighted by Gasteiger charge is -2.32. The molecule has 2 aromatic heterocycles. The van der Waals surface area contributed by atoms with Gasteiger partial charge in [-0.2, -0.15) is 0 Å². The minimum absolute atomic E-state index is 0.251. The van der Waals surface area contributed by atoms with Crippen LogP contribution in [0, 0.1) is 17.3 Å². The Morgan fingerprint density at radius 2 is 1.94 bits per heavy atom. The normalized spacial score (nSPS) is 21.9. The minimum Gasteiger partial charge on any atom is -0.487 e. The first-order valence-corrected chi connectivity index (χ1v) is 10.4. The molecular formula is C23H22F2N4O2. The molecule has 6 nitrogen and oxygen atoms in total. The molecule has 0 unspecified atom stereocenters. The van der Waals surface area contributed by atoms with Crippen molar-refractivity contribution >= 4 is 5.91 Å². The second kappa shape index (κ2) is 7.26. The highest BCUT2D eigenvalue weighted by Gasteiger charge is 2.49. The Hall–Kier alpha value is -3.08. The monoisotopic (exact) mass is 424 g/mol. The number of carbonyl (C=O) groups excluding carboxylic acids is 1. The van der Waals surface area contributed by atoms with Gasteiger partial charge in [0.05, 0.1) is 23.7 Å². The summed E-state index contributed by atoms with van der Waals surface area (Å²) in [6.07, 6.45) is 6.53. The smallest absolute Gasteiger partial charge is 0.252 e. The highest BCUT2D eigenvalue weighted by molar-refractivity contribution is 5.83. The Labute approximate surface area is 179 Å². The quantitative estimate of drug-likeness (QED) is 0.706. The molecule has 8 heteroatoms. The summed E-state index contributed by atoms with van der Waals surface area (Å²) in [4.78, 5) is 27.4. The van der Waals surface area contributed by atoms with E-state index in [2.05, 4.69) is 26.8 Å². The van der Waals surface area contributed by atoms with Crippen LogP contribution in [0.25, 0.3) is 0 Å². The van der Waals surface area contributed by atoms with Crippen LogP contribution in [0.3, 0.4) is 0 Å². The van der Waals surface area contributed by atoms with E-state index in [-0.39, 0.29) is 18.7 Å². The summed E-state index contributed by atoms with van der Waals surface area (Å²) in [5.74, 6) is 7.47. The van der Waals surface area contributed by atoms with Crippen molar-refractivity contribution < 1.29 is 18.3 Å². The van der Waals surface area contributed by atoms with Crippen LogP contribution < -0.4 is 4.74 Å². The predicted octanol–water partition coefficient (Wildman–Crippen LogP) is 3.47. The van der Waals surface area contributed by atoms with Crippen LogP contribution in [0.1, 0.15) is 67.6 Å². The number of likely N-dealkylation sites (tertiary alicyclic amines) is 1. The fraction of sp³-hybridized carbons (Fsp3) is 0.478. The van der Waals surface area contributed by atoms with Crippen molar-refractivity contribution in [1.82, 2.24) is 19.9 Å². The molecule has 0 N–H and O–H groups in total. The number of pyridine rings is 1. The van der Waals surface area contributed by atoms with Gasteiger partial charge < -0.3 is 9.64 Å². The Kier molecular flexibility index (Phi) is 4.65. The summed E-state index contributed by atoms with van der Waals surface area (Å²) in [6.45, 7) is 2.83. The summed E-state index contributed by atoms with van der Waals surface area (Å²) in [5, 5.41) is 0. The number of amides is 1. The Balaban J connectivity index is 1.43. The minimum atomic E-state index is -2.75. The zero-order valence-electron chi connectivity index (χ0n) is 17.3. The molecule has 2 aliphatic heterocycles. The van der Waals surface area contributed by atoms with Crippen LogP contribution in [0.4, 0.5) is 8.78 Å². The molecule has 0 spiro atoms. The van der Waals surface area contributed by atoms with Gasteiger partial charge in [-0.1, -0.05) is 11.8 Å². The first-order valence-electron chi connectivity index (χ1n) is 10.4. The number of hydrogen-bond donors (Lipinski definition) is 0. The van der Waals surface area contributed by atoms with Crippen LogP contribution in [0.15, 0.2) is 24.8 Å². The van der Waals surface area contributed by atoms with Crippen molar-refractivity contribution in [3.05, 3.63) is 47.3 Å². The van der Waals surface area contributed by atoms with E-state index in [1.54, 1.807) is 24.8 Å². The van der Waals surface area contributed by atoms with Gasteiger partial charge in [0.2, 0.25) is 5.91 Å². The van der Waals surface area contributed by atoms with E-state index in [0.29, 0.717) is 34.8 Å². The summed E-state index contributed by atoms with van der Waals surface area (Å²) in [6, 6.07) is -0.338. The zero-order chi connectivity index (χ0) is 21.8. The first-order chi connectivity index (χ1) is 14.8. The highest BCUT2D eigenvalue weighted by atomic mass is 19.3. The van der Waals surface area contributed by atoms with Crippen molar-refractivity contribution in [3.8, 4) is 17.6 Å². The Morgan fingerprint density at radius 1 is 1.19 bits per heavy atom. The van der Waals surface area contributed by atoms with E-state index < -0.39 is 17.7 Å². The molecule has 0 radical (unpaired) electrons. The zero-order valence-corrected chi connectivity index (χ0v) is 17.3. The second-order valence-corrected chi connectivity index (χ2v) is 8.93. The third-order valence-electron chi connectivity index (χ3n) is 6.14. The number of ether oxygens (including phenoxy) is 1. The standard InChI is InChI=1S/C23H22F2N4O2/c1-23(2,21(24)25)22(30)29-12-16-7-18(29)17-11-26-10-15(19(17)31-16)4-3-13-8-27-20(28-9-13)14-5-6-14/h8-11,14,16,18,21H,5-7,12H2,1-2H3/t16-,18-/m0/s1. The van der Waals surface area contributed by atoms with Gasteiger partial charge in [-0.05, 0) is 26.7 Å². The summed E-state index contributed by atoms with van der Waals surface area (Å²) < 4.78 is 33.0. The maximum absolute atomic E-state index is 13.4. The van der Waals surface area contributed by atoms with Crippen molar-refractivity contribution in [2.24, 2.45) is 5.41 Å². The molecule has 1 saturated carbocycles. The van der Waals surface area contributed by atoms with Gasteiger partial charge in [0.1, 0.15) is 23.1 Å². The molecule has 1 amide bonds. The number of aromatic nitrogens is 3. The molecule has 0 aromatic carbocycles. The SMILES string of the molecule is CC(C)(C(=O)N1C[C@@H]2C[C@H]1c1cncc(C#Cc3cnc(C4CC4)nc3)c1O2)C(F)F. The van der Waals surface area contributed by atoms with Crippen molar-refractivity contribution in [1.29, 1.82) is 0 Å². The van der Waals surface area contributed by atoms with Gasteiger partial charge in [-0.15, -0.1) is 0 Å². The lowest BCUT2D eigenvalue weighted by molar-refractivity contribution is -0.149. The van der Waals surface area contributed by atoms with Gasteiger partial charge in [-0.25, -0.2) is 18.7 Å². The number of alkyl halides is 2. The van der Waals surface area contributed by atoms with Crippen molar-refractivity contribution in [3.63, 3.8) is 0 Å². The Bertz CT molecular complexity index is 1090. The molecule has 2 bridgehead atoms. The van der Waals surface area contributed by atoms with E-state index in [0.717, 1.165) is 18.7 Å². The van der Waals surface area contributed by atoms with Crippen LogP contribution in [-0.4, -0.2) is 44.8 Å². The van der Waals surface area contributed by atoms with E-state index in [9.17, 15) is 13.6 Å². The molecule has 1 saturated heterocycles. The van der Waals surface area contributed by atoms with Crippen LogP contribution in [-0.2, 0) is 4.79 Å². The molecule has 160 valence electrons. The van der Waals surface area contributed by atoms with Crippen LogP contribution >= 0.6 is 0 Å². The molecule has 31 heavy (non-hydrogen) atoms. The summed E-state index contributed by atoms with van der Waals surface area (Å²) in [7, 11) is 0. The molecule has 5 rings (SSSR count). The van der Waals surface area contributed by atoms with Crippen molar-refractivity contribution in [2.75, 3.05) is 6.54 Å². The van der Waals surface area contributed by atoms with Gasteiger partial charge in [-0.3, -0.25) is 9.78 Å². The average Bonchev–Trinajstić information content (AvgIpc) is 3.55. The lowest BCUT2D eigenvalue weighted by atomic mass is 9.91. The maximum atomic E-state index is 13.4. The number of rotatable bonds is 3. The third kappa shape index (κ3) is 3.52. The Morgan fingerprint density at radius 3 is 2.61 bits per heavy atom. The highest BCUT2D eigenvalue weighted by Crippen LogP contribution is 2.46. The molecule has 3 aliphatic rings. The fourth-order valence-electron chi connectivity index (χ4n) is 4.05. The largest absolute Gasteiger partial charge is 0.487 e. The number of carbonyl (C=O) groups is 1. The number of nitrogens with zero attached hydrogens (tertiary/aromatic N) is 4. The van der Waals surface area contributed by atoms with E-state index >= 15 is 0 Å². The average molecular weight is 424 g/mol. The number of hydrogen-bond acceptors (Lipinski definition) is 5. The van der Waals surface area contributed by atoms with Gasteiger partial charge >= 0.3 is 0 Å². The van der Waals surface area contributed by atoms with E-state index in [1.165, 1.54) is 18.7 Å². The molecule has 2 atom stereocenters. The van der Waals surface area contributed by atoms with E-state index in [1.807, 2.05) is 0 Å². The van der Waals surface area contributed by atoms with Gasteiger partial charge in [0.25, 0.3) is 6.43 Å². The number of halogens is 2. The summed E-state index contributed by atoms with van der Waals surface area (Å²) in [5.41, 5.74) is 0.242. The molecule has 2 fully saturated rings. The van der Waals surface area contributed by atoms with Crippen molar-refractivity contribution in [2.45, 2.75) is 57.6 Å². The van der Waals surface area contributed by atoms with Gasteiger partial charge in [0.15, 0.2) is 0 Å². The first kappa shape index (κ1) is 19.9. The molecule has 2 aromatic rings. The fourth-order valence-corrected chi connectivity index (χ4v) is 4.05. The second-order valence-electron chi connectivity index (χ2n) is 8.93. The lowest BCUT2D eigenvalue weighted by Crippen LogP contribution is -2.44. The third-order valence-corrected chi connectivity index (χ3v) is 6.14. The summed E-state index contributed by atoms with van der Waals surface area (Å²) >= 11 is 0. The van der Waals surface area contributed by atoms with E-state index in [4.69, 9.17) is 4.74 Å². The molecule has 4 heterocycles. The van der Waals surface area contributed by atoms with Crippen LogP contribution in [0.2, 0.25) is 0 Å². The number of fused-ring (bicyclic) bond motifs is 4. The van der Waals surface area contributed by atoms with Crippen LogP contribution in [0.5, 0.6) is 5.75 Å². The molecule has 1 aliphatic carbocycles. The topological polar surface area (TPSA) is 68.2 Å². The van der Waals surface area contributed by atoms with Gasteiger partial charge in [0, 0.05) is 42.7 Å². The maximum Gasteiger partial charge on any atom is 0.252 e.